The molecule has 1 amide bonds. The summed E-state index contributed by atoms with van der Waals surface area (Å²) in [5, 5.41) is 17.5. The van der Waals surface area contributed by atoms with Crippen molar-refractivity contribution in [3.8, 4) is 11.8 Å². The molecule has 0 spiro atoms. The number of carbonyl (C=O) groups excluding carboxylic acids is 1. The topological polar surface area (TPSA) is 93.2 Å². The number of carbonyl (C=O) groups is 1. The number of rotatable bonds is 3. The molecule has 152 valence electrons. The molecule has 4 fully saturated rings. The quantitative estimate of drug-likeness (QED) is 0.780. The molecule has 0 aliphatic heterocycles. The van der Waals surface area contributed by atoms with Gasteiger partial charge in [-0.15, -0.1) is 0 Å². The van der Waals surface area contributed by atoms with Gasteiger partial charge in [-0.1, -0.05) is 5.92 Å². The third-order valence-corrected chi connectivity index (χ3v) is 6.64. The number of furan rings is 1. The van der Waals surface area contributed by atoms with Crippen molar-refractivity contribution in [1.29, 1.82) is 0 Å². The fourth-order valence-corrected chi connectivity index (χ4v) is 6.13. The van der Waals surface area contributed by atoms with E-state index in [1.54, 1.807) is 32.3 Å². The van der Waals surface area contributed by atoms with Crippen LogP contribution >= 0.6 is 0 Å². The summed E-state index contributed by atoms with van der Waals surface area (Å²) in [5.74, 6) is 7.12. The molecule has 7 heteroatoms. The maximum Gasteiger partial charge on any atom is 0.287 e. The van der Waals surface area contributed by atoms with Crippen molar-refractivity contribution in [2.24, 2.45) is 11.8 Å². The Morgan fingerprint density at radius 3 is 2.72 bits per heavy atom. The predicted molar refractivity (Wildman–Crippen MR) is 105 cm³/mol. The van der Waals surface area contributed by atoms with Crippen LogP contribution in [0, 0.1) is 23.7 Å². The second kappa shape index (κ2) is 6.20. The maximum absolute atomic E-state index is 13.0. The van der Waals surface area contributed by atoms with Crippen molar-refractivity contribution in [3.63, 3.8) is 0 Å². The van der Waals surface area contributed by atoms with Gasteiger partial charge in [0, 0.05) is 5.54 Å². The van der Waals surface area contributed by atoms with E-state index in [1.165, 1.54) is 6.42 Å². The Bertz CT molecular complexity index is 975. The van der Waals surface area contributed by atoms with Gasteiger partial charge in [-0.3, -0.25) is 4.79 Å². The fourth-order valence-electron chi connectivity index (χ4n) is 6.13. The van der Waals surface area contributed by atoms with Gasteiger partial charge in [-0.2, -0.15) is 5.10 Å². The highest BCUT2D eigenvalue weighted by Gasteiger charge is 2.59. The van der Waals surface area contributed by atoms with Gasteiger partial charge in [0.25, 0.3) is 5.91 Å². The highest BCUT2D eigenvalue weighted by atomic mass is 16.3. The summed E-state index contributed by atoms with van der Waals surface area (Å²) in [7, 11) is 0. The van der Waals surface area contributed by atoms with E-state index in [9.17, 15) is 9.90 Å². The summed E-state index contributed by atoms with van der Waals surface area (Å²) in [6, 6.07) is 3.32. The lowest BCUT2D eigenvalue weighted by Gasteiger charge is -2.61. The van der Waals surface area contributed by atoms with Crippen LogP contribution in [0.3, 0.4) is 0 Å². The second-order valence-corrected chi connectivity index (χ2v) is 9.73. The SMILES string of the molecule is CC(C)(O)C#Cc1ccc(C(=O)NC23CC4CC(C2)CC(n2cncn2)(C4)C3)o1. The monoisotopic (exact) mass is 394 g/mol. The zero-order valence-corrected chi connectivity index (χ0v) is 16.8. The minimum absolute atomic E-state index is 0.0413. The number of nitrogens with zero attached hydrogens (tertiary/aromatic N) is 3. The molecule has 4 aliphatic rings. The number of aromatic nitrogens is 3. The van der Waals surface area contributed by atoms with Crippen LogP contribution in [0.25, 0.3) is 0 Å². The van der Waals surface area contributed by atoms with Crippen LogP contribution in [0.4, 0.5) is 0 Å². The maximum atomic E-state index is 13.0. The number of amides is 1. The van der Waals surface area contributed by atoms with Crippen molar-refractivity contribution in [3.05, 3.63) is 36.3 Å². The lowest BCUT2D eigenvalue weighted by molar-refractivity contribution is -0.0746. The van der Waals surface area contributed by atoms with Crippen LogP contribution in [-0.2, 0) is 5.54 Å². The van der Waals surface area contributed by atoms with Gasteiger partial charge in [0.1, 0.15) is 18.3 Å². The van der Waals surface area contributed by atoms with Gasteiger partial charge < -0.3 is 14.8 Å². The van der Waals surface area contributed by atoms with Crippen LogP contribution < -0.4 is 5.32 Å². The second-order valence-electron chi connectivity index (χ2n) is 9.73. The van der Waals surface area contributed by atoms with Crippen molar-refractivity contribution in [1.82, 2.24) is 20.1 Å². The zero-order chi connectivity index (χ0) is 20.3. The first-order valence-electron chi connectivity index (χ1n) is 10.3. The van der Waals surface area contributed by atoms with Crippen molar-refractivity contribution in [2.45, 2.75) is 69.1 Å². The summed E-state index contributed by atoms with van der Waals surface area (Å²) in [4.78, 5) is 17.2. The molecule has 0 aromatic carbocycles. The first-order valence-corrected chi connectivity index (χ1v) is 10.3. The van der Waals surface area contributed by atoms with E-state index in [2.05, 4.69) is 27.2 Å². The third kappa shape index (κ3) is 3.36. The Balaban J connectivity index is 1.37. The lowest BCUT2D eigenvalue weighted by Crippen LogP contribution is -2.65. The van der Waals surface area contributed by atoms with Crippen molar-refractivity contribution < 1.29 is 14.3 Å². The zero-order valence-electron chi connectivity index (χ0n) is 16.8. The molecule has 2 N–H and O–H groups in total. The van der Waals surface area contributed by atoms with E-state index in [-0.39, 0.29) is 22.7 Å². The van der Waals surface area contributed by atoms with Gasteiger partial charge in [0.05, 0.1) is 5.54 Å². The normalized spacial score (nSPS) is 32.7. The first kappa shape index (κ1) is 18.4. The molecule has 7 nitrogen and oxygen atoms in total. The molecule has 4 aliphatic carbocycles. The van der Waals surface area contributed by atoms with E-state index in [1.807, 2.05) is 11.0 Å². The molecule has 2 atom stereocenters. The van der Waals surface area contributed by atoms with Gasteiger partial charge >= 0.3 is 0 Å². The molecule has 2 unspecified atom stereocenters. The van der Waals surface area contributed by atoms with Gasteiger partial charge in [-0.05, 0) is 82.3 Å². The lowest BCUT2D eigenvalue weighted by atomic mass is 9.50. The van der Waals surface area contributed by atoms with E-state index in [0.717, 1.165) is 32.1 Å². The van der Waals surface area contributed by atoms with E-state index < -0.39 is 5.60 Å². The van der Waals surface area contributed by atoms with Crippen molar-refractivity contribution in [2.75, 3.05) is 0 Å². The highest BCUT2D eigenvalue weighted by molar-refractivity contribution is 5.92. The van der Waals surface area contributed by atoms with Gasteiger partial charge in [0.15, 0.2) is 11.5 Å². The van der Waals surface area contributed by atoms with Crippen LogP contribution in [0.2, 0.25) is 0 Å². The van der Waals surface area contributed by atoms with Crippen LogP contribution in [0.15, 0.2) is 29.2 Å². The Hall–Kier alpha value is -2.59. The van der Waals surface area contributed by atoms with E-state index in [4.69, 9.17) is 4.42 Å². The van der Waals surface area contributed by atoms with E-state index >= 15 is 0 Å². The Labute approximate surface area is 169 Å². The van der Waals surface area contributed by atoms with Gasteiger partial charge in [0.2, 0.25) is 0 Å². The predicted octanol–water partition coefficient (Wildman–Crippen LogP) is 2.47. The number of aliphatic hydroxyl groups is 1. The molecule has 4 saturated carbocycles. The van der Waals surface area contributed by atoms with Crippen LogP contribution in [-0.4, -0.2) is 36.9 Å². The number of nitrogens with one attached hydrogen (secondary N) is 1. The molecule has 2 heterocycles. The standard InChI is InChI=1S/C22H26N4O3/c1-20(2,28)6-5-17-3-4-18(29-17)19(27)25-21-8-15-7-16(9-21)11-22(10-15,12-21)26-14-23-13-24-26/h3-4,13-16,28H,7-12H2,1-2H3,(H,25,27). The summed E-state index contributed by atoms with van der Waals surface area (Å²) < 4.78 is 7.66. The Morgan fingerprint density at radius 1 is 1.31 bits per heavy atom. The molecule has 0 radical (unpaired) electrons. The summed E-state index contributed by atoms with van der Waals surface area (Å²) in [5.41, 5.74) is -1.37. The molecule has 2 aromatic rings. The highest BCUT2D eigenvalue weighted by Crippen LogP contribution is 2.60. The minimum atomic E-state index is -1.11. The largest absolute Gasteiger partial charge is 0.443 e. The van der Waals surface area contributed by atoms with Crippen molar-refractivity contribution >= 4 is 5.91 Å². The van der Waals surface area contributed by atoms with Crippen LogP contribution in [0.1, 0.15) is 68.7 Å². The summed E-state index contributed by atoms with van der Waals surface area (Å²) in [6.07, 6.45) is 9.80. The average Bonchev–Trinajstić information content (AvgIpc) is 3.30. The molecule has 6 rings (SSSR count). The van der Waals surface area contributed by atoms with Crippen LogP contribution in [0.5, 0.6) is 0 Å². The summed E-state index contributed by atoms with van der Waals surface area (Å²) in [6.45, 7) is 3.21. The smallest absolute Gasteiger partial charge is 0.287 e. The number of hydrogen-bond donors (Lipinski definition) is 2. The Kier molecular flexibility index (Phi) is 3.94. The number of hydrogen-bond acceptors (Lipinski definition) is 5. The molecular weight excluding hydrogens is 368 g/mol. The third-order valence-electron chi connectivity index (χ3n) is 6.64. The average molecular weight is 394 g/mol. The van der Waals surface area contributed by atoms with Gasteiger partial charge in [-0.25, -0.2) is 9.67 Å². The molecule has 29 heavy (non-hydrogen) atoms. The summed E-state index contributed by atoms with van der Waals surface area (Å²) >= 11 is 0. The molecule has 4 bridgehead atoms. The van der Waals surface area contributed by atoms with E-state index in [0.29, 0.717) is 17.6 Å². The Morgan fingerprint density at radius 2 is 2.07 bits per heavy atom. The minimum Gasteiger partial charge on any atom is -0.443 e. The molecule has 0 saturated heterocycles. The molecule has 2 aromatic heterocycles. The fraction of sp³-hybridized carbons (Fsp3) is 0.591. The molecular formula is C22H26N4O3. The first-order chi connectivity index (χ1) is 13.7.